The van der Waals surface area contributed by atoms with Gasteiger partial charge in [-0.15, -0.1) is 10.2 Å². The fourth-order valence-corrected chi connectivity index (χ4v) is 4.28. The summed E-state index contributed by atoms with van der Waals surface area (Å²) in [6.45, 7) is 3.97. The molecule has 144 valence electrons. The van der Waals surface area contributed by atoms with Gasteiger partial charge in [-0.1, -0.05) is 43.0 Å². The van der Waals surface area contributed by atoms with Crippen molar-refractivity contribution in [1.82, 2.24) is 14.9 Å². The number of aryl methyl sites for hydroxylation is 2. The third-order valence-corrected chi connectivity index (χ3v) is 5.81. The van der Waals surface area contributed by atoms with Crippen molar-refractivity contribution in [1.29, 1.82) is 0 Å². The van der Waals surface area contributed by atoms with E-state index >= 15 is 0 Å². The predicted molar refractivity (Wildman–Crippen MR) is 107 cm³/mol. The molecule has 0 unspecified atom stereocenters. The van der Waals surface area contributed by atoms with Crippen LogP contribution in [0.1, 0.15) is 29.9 Å². The molecule has 0 saturated carbocycles. The number of anilines is 1. The minimum absolute atomic E-state index is 0.148. The van der Waals surface area contributed by atoms with Crippen molar-refractivity contribution in [2.45, 2.75) is 36.7 Å². The average molecular weight is 397 g/mol. The maximum absolute atomic E-state index is 13.4. The second kappa shape index (κ2) is 7.63. The molecule has 6 nitrogen and oxygen atoms in total. The van der Waals surface area contributed by atoms with Gasteiger partial charge in [-0.25, -0.2) is 9.07 Å². The Morgan fingerprint density at radius 1 is 1.25 bits per heavy atom. The predicted octanol–water partition coefficient (Wildman–Crippen LogP) is 3.69. The summed E-state index contributed by atoms with van der Waals surface area (Å²) in [4.78, 5) is 13.1. The van der Waals surface area contributed by atoms with Crippen LogP contribution in [0.4, 0.5) is 10.1 Å². The first kappa shape index (κ1) is 18.5. The Labute approximate surface area is 166 Å². The van der Waals surface area contributed by atoms with Crippen LogP contribution in [0.25, 0.3) is 0 Å². The average Bonchev–Trinajstić information content (AvgIpc) is 3.09. The number of halogens is 1. The normalized spacial score (nSPS) is 18.2. The number of aromatic nitrogens is 3. The number of fused-ring (bicyclic) bond motifs is 1. The molecule has 0 radical (unpaired) electrons. The van der Waals surface area contributed by atoms with Crippen molar-refractivity contribution in [3.05, 3.63) is 71.3 Å². The molecule has 2 atom stereocenters. The summed E-state index contributed by atoms with van der Waals surface area (Å²) in [5.74, 6) is 0.323. The standard InChI is InChI=1S/C20H20FN5OS/c1-3-16-23-24-20-26(16)25-17(13-7-9-14(21)10-8-13)18(28-20)19(27)22-15-6-4-5-12(2)11-15/h4-11,17-18,25H,3H2,1-2H3,(H,22,27)/t17-,18-/m0/s1. The zero-order valence-electron chi connectivity index (χ0n) is 15.5. The smallest absolute Gasteiger partial charge is 0.240 e. The molecule has 1 aromatic heterocycles. The van der Waals surface area contributed by atoms with Gasteiger partial charge in [0.2, 0.25) is 11.1 Å². The maximum Gasteiger partial charge on any atom is 0.240 e. The monoisotopic (exact) mass is 397 g/mol. The van der Waals surface area contributed by atoms with Crippen LogP contribution in [0.3, 0.4) is 0 Å². The van der Waals surface area contributed by atoms with Crippen molar-refractivity contribution >= 4 is 23.4 Å². The number of carbonyl (C=O) groups excluding carboxylic acids is 1. The van der Waals surface area contributed by atoms with Gasteiger partial charge in [0.15, 0.2) is 5.82 Å². The molecule has 0 bridgehead atoms. The van der Waals surface area contributed by atoms with E-state index in [9.17, 15) is 9.18 Å². The number of amides is 1. The van der Waals surface area contributed by atoms with Crippen LogP contribution in [0.5, 0.6) is 0 Å². The molecule has 4 rings (SSSR count). The van der Waals surface area contributed by atoms with Crippen molar-refractivity contribution in [2.75, 3.05) is 10.7 Å². The van der Waals surface area contributed by atoms with Gasteiger partial charge in [-0.05, 0) is 42.3 Å². The lowest BCUT2D eigenvalue weighted by atomic mass is 10.0. The van der Waals surface area contributed by atoms with E-state index in [0.717, 1.165) is 22.6 Å². The zero-order chi connectivity index (χ0) is 19.7. The number of carbonyl (C=O) groups is 1. The van der Waals surface area contributed by atoms with E-state index in [1.165, 1.54) is 23.9 Å². The molecular formula is C20H20FN5OS. The quantitative estimate of drug-likeness (QED) is 0.703. The van der Waals surface area contributed by atoms with Crippen molar-refractivity contribution in [3.8, 4) is 0 Å². The number of thioether (sulfide) groups is 1. The molecule has 1 aliphatic heterocycles. The van der Waals surface area contributed by atoms with Crippen LogP contribution < -0.4 is 10.7 Å². The highest BCUT2D eigenvalue weighted by Gasteiger charge is 2.37. The molecule has 0 saturated heterocycles. The summed E-state index contributed by atoms with van der Waals surface area (Å²) in [5.41, 5.74) is 5.97. The minimum atomic E-state index is -0.493. The molecule has 0 spiro atoms. The summed E-state index contributed by atoms with van der Waals surface area (Å²) >= 11 is 1.35. The summed E-state index contributed by atoms with van der Waals surface area (Å²) in [7, 11) is 0. The number of benzene rings is 2. The Balaban J connectivity index is 1.67. The number of nitrogens with zero attached hydrogens (tertiary/aromatic N) is 3. The molecule has 0 fully saturated rings. The number of nitrogens with one attached hydrogen (secondary N) is 2. The lowest BCUT2D eigenvalue weighted by Gasteiger charge is -2.33. The first-order valence-corrected chi connectivity index (χ1v) is 9.93. The molecule has 2 heterocycles. The molecule has 2 aromatic carbocycles. The Bertz CT molecular complexity index is 1000. The van der Waals surface area contributed by atoms with Gasteiger partial charge in [-0.2, -0.15) is 0 Å². The van der Waals surface area contributed by atoms with E-state index in [-0.39, 0.29) is 17.8 Å². The molecular weight excluding hydrogens is 377 g/mol. The van der Waals surface area contributed by atoms with E-state index in [0.29, 0.717) is 11.6 Å². The second-order valence-corrected chi connectivity index (χ2v) is 7.75. The third kappa shape index (κ3) is 3.60. The lowest BCUT2D eigenvalue weighted by Crippen LogP contribution is -2.41. The van der Waals surface area contributed by atoms with Crippen molar-refractivity contribution in [2.24, 2.45) is 0 Å². The molecule has 8 heteroatoms. The highest BCUT2D eigenvalue weighted by atomic mass is 32.2. The van der Waals surface area contributed by atoms with Gasteiger partial charge in [-0.3, -0.25) is 4.79 Å². The Kier molecular flexibility index (Phi) is 5.04. The zero-order valence-corrected chi connectivity index (χ0v) is 16.3. The molecule has 28 heavy (non-hydrogen) atoms. The van der Waals surface area contributed by atoms with Gasteiger partial charge in [0.25, 0.3) is 0 Å². The first-order valence-electron chi connectivity index (χ1n) is 9.05. The van der Waals surface area contributed by atoms with E-state index in [2.05, 4.69) is 20.9 Å². The van der Waals surface area contributed by atoms with E-state index in [4.69, 9.17) is 0 Å². The topological polar surface area (TPSA) is 71.8 Å². The van der Waals surface area contributed by atoms with Crippen LogP contribution in [-0.2, 0) is 11.2 Å². The number of hydrogen-bond acceptors (Lipinski definition) is 5. The van der Waals surface area contributed by atoms with Crippen LogP contribution >= 0.6 is 11.8 Å². The van der Waals surface area contributed by atoms with E-state index < -0.39 is 5.25 Å². The van der Waals surface area contributed by atoms with Gasteiger partial charge in [0.1, 0.15) is 11.1 Å². The Hall–Kier alpha value is -2.87. The molecule has 0 aliphatic carbocycles. The van der Waals surface area contributed by atoms with Crippen molar-refractivity contribution in [3.63, 3.8) is 0 Å². The number of rotatable bonds is 4. The molecule has 3 aromatic rings. The SMILES string of the molecule is CCc1nnc2n1N[C@@H](c1ccc(F)cc1)[C@@H](C(=O)Nc1cccc(C)c1)S2. The Morgan fingerprint density at radius 2 is 2.04 bits per heavy atom. The Morgan fingerprint density at radius 3 is 2.75 bits per heavy atom. The van der Waals surface area contributed by atoms with Crippen molar-refractivity contribution < 1.29 is 9.18 Å². The van der Waals surface area contributed by atoms with Crippen LogP contribution in [-0.4, -0.2) is 26.0 Å². The van der Waals surface area contributed by atoms with E-state index in [1.807, 2.05) is 42.8 Å². The summed E-state index contributed by atoms with van der Waals surface area (Å²) in [6.07, 6.45) is 0.705. The maximum atomic E-state index is 13.4. The van der Waals surface area contributed by atoms with Crippen LogP contribution in [0.15, 0.2) is 53.7 Å². The highest BCUT2D eigenvalue weighted by Crippen LogP contribution is 2.37. The second-order valence-electron chi connectivity index (χ2n) is 6.64. The fourth-order valence-electron chi connectivity index (χ4n) is 3.18. The fraction of sp³-hybridized carbons (Fsp3) is 0.250. The minimum Gasteiger partial charge on any atom is -0.325 e. The molecule has 2 N–H and O–H groups in total. The van der Waals surface area contributed by atoms with Crippen LogP contribution in [0.2, 0.25) is 0 Å². The number of hydrogen-bond donors (Lipinski definition) is 2. The first-order chi connectivity index (χ1) is 13.5. The highest BCUT2D eigenvalue weighted by molar-refractivity contribution is 8.00. The molecule has 1 aliphatic rings. The largest absolute Gasteiger partial charge is 0.325 e. The van der Waals surface area contributed by atoms with E-state index in [1.54, 1.807) is 12.1 Å². The molecule has 1 amide bonds. The van der Waals surface area contributed by atoms with Gasteiger partial charge >= 0.3 is 0 Å². The summed E-state index contributed by atoms with van der Waals surface area (Å²) < 4.78 is 15.2. The van der Waals surface area contributed by atoms with Gasteiger partial charge in [0, 0.05) is 12.1 Å². The summed E-state index contributed by atoms with van der Waals surface area (Å²) in [6, 6.07) is 13.5. The van der Waals surface area contributed by atoms with Gasteiger partial charge in [0.05, 0.1) is 6.04 Å². The van der Waals surface area contributed by atoms with Gasteiger partial charge < -0.3 is 10.7 Å². The lowest BCUT2D eigenvalue weighted by molar-refractivity contribution is -0.116. The third-order valence-electron chi connectivity index (χ3n) is 4.59. The van der Waals surface area contributed by atoms with Crippen LogP contribution in [0, 0.1) is 12.7 Å². The summed E-state index contributed by atoms with van der Waals surface area (Å²) in [5, 5.41) is 11.5.